The molecule has 0 aromatic rings. The molecule has 0 radical (unpaired) electrons. The number of ether oxygens (including phenoxy) is 3. The second kappa shape index (κ2) is 7.48. The summed E-state index contributed by atoms with van der Waals surface area (Å²) in [6.45, 7) is 2.97. The lowest BCUT2D eigenvalue weighted by atomic mass is 9.78. The third-order valence-corrected chi connectivity index (χ3v) is 4.70. The minimum atomic E-state index is -2.84. The summed E-state index contributed by atoms with van der Waals surface area (Å²) in [5, 5.41) is 19.3. The van der Waals surface area contributed by atoms with Crippen molar-refractivity contribution in [2.45, 2.75) is 43.2 Å². The maximum atomic E-state index is 11.9. The van der Waals surface area contributed by atoms with Crippen molar-refractivity contribution < 1.29 is 47.0 Å². The van der Waals surface area contributed by atoms with Gasteiger partial charge in [0, 0.05) is 18.4 Å². The molecular weight excluding hydrogens is 360 g/mol. The molecule has 0 aromatic carbocycles. The summed E-state index contributed by atoms with van der Waals surface area (Å²) < 4.78 is 41.8. The van der Waals surface area contributed by atoms with Crippen molar-refractivity contribution in [2.75, 3.05) is 19.8 Å². The van der Waals surface area contributed by atoms with Crippen LogP contribution in [0.25, 0.3) is 0 Å². The SMILES string of the molecule is C=C(C)C(=O)OCC(=O)OC1CC2(CO)OC1(CO)CC2OS(=O)[O-]. The minimum Gasteiger partial charge on any atom is -0.750 e. The van der Waals surface area contributed by atoms with Gasteiger partial charge < -0.3 is 29.0 Å². The highest BCUT2D eigenvalue weighted by atomic mass is 32.2. The lowest BCUT2D eigenvalue weighted by Crippen LogP contribution is -2.50. The van der Waals surface area contributed by atoms with Crippen LogP contribution in [0.1, 0.15) is 19.8 Å². The molecule has 2 rings (SSSR count). The molecule has 2 aliphatic heterocycles. The first-order chi connectivity index (χ1) is 11.7. The van der Waals surface area contributed by atoms with Crippen molar-refractivity contribution in [3.05, 3.63) is 12.2 Å². The van der Waals surface area contributed by atoms with Crippen LogP contribution in [0.4, 0.5) is 0 Å². The van der Waals surface area contributed by atoms with Crippen LogP contribution in [0.15, 0.2) is 12.2 Å². The van der Waals surface area contributed by atoms with Gasteiger partial charge in [-0.2, -0.15) is 0 Å². The number of fused-ring (bicyclic) bond motifs is 2. The van der Waals surface area contributed by atoms with Gasteiger partial charge >= 0.3 is 11.9 Å². The molecule has 2 heterocycles. The normalized spacial score (nSPS) is 34.6. The van der Waals surface area contributed by atoms with Crippen molar-refractivity contribution in [1.82, 2.24) is 0 Å². The fourth-order valence-corrected chi connectivity index (χ4v) is 3.52. The van der Waals surface area contributed by atoms with E-state index in [-0.39, 0.29) is 18.4 Å². The summed E-state index contributed by atoms with van der Waals surface area (Å²) in [6, 6.07) is 0. The maximum Gasteiger partial charge on any atom is 0.344 e. The van der Waals surface area contributed by atoms with Crippen LogP contribution in [0.3, 0.4) is 0 Å². The third-order valence-electron chi connectivity index (χ3n) is 4.32. The molecule has 2 bridgehead atoms. The Hall–Kier alpha value is -1.37. The summed E-state index contributed by atoms with van der Waals surface area (Å²) in [4.78, 5) is 23.1. The first-order valence-corrected chi connectivity index (χ1v) is 8.38. The summed E-state index contributed by atoms with van der Waals surface area (Å²) in [5.41, 5.74) is -2.70. The zero-order valence-corrected chi connectivity index (χ0v) is 14.3. The average Bonchev–Trinajstić information content (AvgIpc) is 3.03. The molecule has 2 fully saturated rings. The summed E-state index contributed by atoms with van der Waals surface area (Å²) in [5.74, 6) is -1.63. The van der Waals surface area contributed by atoms with Crippen LogP contribution in [0, 0.1) is 0 Å². The molecule has 0 aliphatic carbocycles. The Morgan fingerprint density at radius 3 is 2.36 bits per heavy atom. The number of rotatable bonds is 8. The largest absolute Gasteiger partial charge is 0.750 e. The van der Waals surface area contributed by atoms with E-state index in [1.54, 1.807) is 0 Å². The van der Waals surface area contributed by atoms with Crippen LogP contribution in [-0.4, -0.2) is 74.1 Å². The monoisotopic (exact) mass is 379 g/mol. The number of hydrogen-bond donors (Lipinski definition) is 2. The van der Waals surface area contributed by atoms with Gasteiger partial charge in [0.05, 0.1) is 24.6 Å². The van der Waals surface area contributed by atoms with E-state index in [0.29, 0.717) is 0 Å². The highest BCUT2D eigenvalue weighted by Crippen LogP contribution is 2.53. The second-order valence-electron chi connectivity index (χ2n) is 6.08. The topological polar surface area (TPSA) is 152 Å². The summed E-state index contributed by atoms with van der Waals surface area (Å²) in [7, 11) is 0. The molecule has 11 heteroatoms. The number of hydrogen-bond acceptors (Lipinski definition) is 10. The first kappa shape index (κ1) is 19.9. The van der Waals surface area contributed by atoms with E-state index in [1.807, 2.05) is 0 Å². The van der Waals surface area contributed by atoms with Crippen LogP contribution >= 0.6 is 0 Å². The van der Waals surface area contributed by atoms with Gasteiger partial charge in [0.2, 0.25) is 0 Å². The van der Waals surface area contributed by atoms with E-state index in [4.69, 9.17) is 13.7 Å². The number of esters is 2. The molecule has 0 amide bonds. The molecule has 2 aliphatic rings. The van der Waals surface area contributed by atoms with Gasteiger partial charge in [-0.25, -0.2) is 13.8 Å². The predicted molar refractivity (Wildman–Crippen MR) is 79.4 cm³/mol. The molecule has 10 nitrogen and oxygen atoms in total. The van der Waals surface area contributed by atoms with E-state index >= 15 is 0 Å². The standard InChI is InChI=1S/C14H20O10S/c1-8(2)12(18)21-5-11(17)22-9-3-14(7-16)10(23-25(19)20)4-13(9,6-15)24-14/h9-10,15-16H,1,3-7H2,2H3,(H,19,20)/p-1. The Balaban J connectivity index is 2.04. The van der Waals surface area contributed by atoms with Gasteiger partial charge in [-0.05, 0) is 6.92 Å². The smallest absolute Gasteiger partial charge is 0.344 e. The maximum absolute atomic E-state index is 11.9. The van der Waals surface area contributed by atoms with Gasteiger partial charge in [-0.15, -0.1) is 0 Å². The summed E-state index contributed by atoms with van der Waals surface area (Å²) in [6.07, 6.45) is -2.15. The quantitative estimate of drug-likeness (QED) is 0.289. The lowest BCUT2D eigenvalue weighted by molar-refractivity contribution is -0.170. The van der Waals surface area contributed by atoms with E-state index < -0.39 is 66.5 Å². The molecule has 0 aromatic heterocycles. The number of carbonyl (C=O) groups excluding carboxylic acids is 2. The Labute approximate surface area is 146 Å². The van der Waals surface area contributed by atoms with Crippen LogP contribution in [0.2, 0.25) is 0 Å². The van der Waals surface area contributed by atoms with Crippen LogP contribution in [-0.2, 0) is 39.3 Å². The highest BCUT2D eigenvalue weighted by Gasteiger charge is 2.68. The zero-order chi connectivity index (χ0) is 18.8. The Morgan fingerprint density at radius 1 is 1.28 bits per heavy atom. The van der Waals surface area contributed by atoms with Crippen molar-refractivity contribution in [3.63, 3.8) is 0 Å². The van der Waals surface area contributed by atoms with E-state index in [1.165, 1.54) is 6.92 Å². The van der Waals surface area contributed by atoms with Crippen molar-refractivity contribution in [2.24, 2.45) is 0 Å². The second-order valence-corrected chi connectivity index (χ2v) is 6.68. The number of aliphatic hydroxyl groups excluding tert-OH is 2. The number of aliphatic hydroxyl groups is 2. The third kappa shape index (κ3) is 3.91. The Morgan fingerprint density at radius 2 is 1.84 bits per heavy atom. The molecule has 0 saturated carbocycles. The lowest BCUT2D eigenvalue weighted by Gasteiger charge is -2.35. The van der Waals surface area contributed by atoms with Gasteiger partial charge in [-0.3, -0.25) is 4.18 Å². The van der Waals surface area contributed by atoms with Crippen molar-refractivity contribution in [3.8, 4) is 0 Å². The van der Waals surface area contributed by atoms with Gasteiger partial charge in [0.25, 0.3) is 0 Å². The van der Waals surface area contributed by atoms with Crippen molar-refractivity contribution in [1.29, 1.82) is 0 Å². The molecular formula is C14H19O10S-. The molecule has 0 spiro atoms. The van der Waals surface area contributed by atoms with Gasteiger partial charge in [0.15, 0.2) is 6.61 Å². The molecule has 142 valence electrons. The van der Waals surface area contributed by atoms with Crippen LogP contribution < -0.4 is 0 Å². The Bertz CT molecular complexity index is 592. The van der Waals surface area contributed by atoms with E-state index in [2.05, 4.69) is 11.3 Å². The van der Waals surface area contributed by atoms with Crippen molar-refractivity contribution >= 4 is 23.3 Å². The molecule has 5 atom stereocenters. The molecule has 25 heavy (non-hydrogen) atoms. The van der Waals surface area contributed by atoms with E-state index in [0.717, 1.165) is 0 Å². The minimum absolute atomic E-state index is 0.0773. The Kier molecular flexibility index (Phi) is 5.97. The van der Waals surface area contributed by atoms with E-state index in [9.17, 15) is 28.6 Å². The highest BCUT2D eigenvalue weighted by molar-refractivity contribution is 7.74. The van der Waals surface area contributed by atoms with Gasteiger partial charge in [-0.1, -0.05) is 6.58 Å². The fraction of sp³-hybridized carbons (Fsp3) is 0.714. The number of carbonyl (C=O) groups is 2. The van der Waals surface area contributed by atoms with Gasteiger partial charge in [0.1, 0.15) is 23.4 Å². The summed E-state index contributed by atoms with van der Waals surface area (Å²) >= 11 is -2.84. The molecule has 5 unspecified atom stereocenters. The van der Waals surface area contributed by atoms with Crippen LogP contribution in [0.5, 0.6) is 0 Å². The zero-order valence-electron chi connectivity index (χ0n) is 13.5. The first-order valence-electron chi connectivity index (χ1n) is 7.38. The molecule has 2 saturated heterocycles. The predicted octanol–water partition coefficient (Wildman–Crippen LogP) is -1.52. The fourth-order valence-electron chi connectivity index (χ4n) is 3.09. The average molecular weight is 379 g/mol. The molecule has 2 N–H and O–H groups in total.